The van der Waals surface area contributed by atoms with Gasteiger partial charge in [0.25, 0.3) is 0 Å². The smallest absolute Gasteiger partial charge is 0.246 e. The molecule has 1 heterocycles. The zero-order valence-electron chi connectivity index (χ0n) is 14.5. The molecular weight excluding hydrogens is 352 g/mol. The van der Waals surface area contributed by atoms with E-state index in [1.165, 1.54) is 17.5 Å². The summed E-state index contributed by atoms with van der Waals surface area (Å²) in [4.78, 5) is 2.38. The van der Waals surface area contributed by atoms with Gasteiger partial charge >= 0.3 is 0 Å². The molecule has 0 aliphatic carbocycles. The quantitative estimate of drug-likeness (QED) is 0.760. The van der Waals surface area contributed by atoms with Crippen molar-refractivity contribution >= 4 is 21.6 Å². The van der Waals surface area contributed by atoms with E-state index in [9.17, 15) is 8.42 Å². The van der Waals surface area contributed by atoms with Gasteiger partial charge in [0, 0.05) is 43.9 Å². The lowest BCUT2D eigenvalue weighted by Gasteiger charge is -2.43. The number of hydrogen-bond donors (Lipinski definition) is 0. The Kier molecular flexibility index (Phi) is 6.50. The van der Waals surface area contributed by atoms with Crippen molar-refractivity contribution in [3.8, 4) is 5.75 Å². The first-order chi connectivity index (χ1) is 11.3. The molecule has 0 aromatic heterocycles. The van der Waals surface area contributed by atoms with E-state index in [0.717, 1.165) is 6.54 Å². The fourth-order valence-electron chi connectivity index (χ4n) is 3.13. The third-order valence-electron chi connectivity index (χ3n) is 4.37. The van der Waals surface area contributed by atoms with Crippen LogP contribution in [0.4, 0.5) is 0 Å². The Morgan fingerprint density at radius 3 is 2.38 bits per heavy atom. The summed E-state index contributed by atoms with van der Waals surface area (Å²) in [7, 11) is -0.548. The molecule has 6 nitrogen and oxygen atoms in total. The van der Waals surface area contributed by atoms with Crippen LogP contribution < -0.4 is 4.74 Å². The fraction of sp³-hybridized carbons (Fsp3) is 0.625. The standard InChI is InChI=1S/C16H25ClN2O4S/c1-12-10-18(11-13(2)19(12)7-8-22-3)24(20,21)16-9-14(17)5-6-15(16)23-4/h5-6,9,12-13H,7-8,10-11H2,1-4H3. The first kappa shape index (κ1) is 19.5. The van der Waals surface area contributed by atoms with Gasteiger partial charge in [-0.15, -0.1) is 0 Å². The van der Waals surface area contributed by atoms with Crippen LogP contribution in [0, 0.1) is 0 Å². The molecule has 2 atom stereocenters. The largest absolute Gasteiger partial charge is 0.495 e. The van der Waals surface area contributed by atoms with Crippen LogP contribution in [-0.4, -0.2) is 70.2 Å². The van der Waals surface area contributed by atoms with Crippen LogP contribution >= 0.6 is 11.6 Å². The molecular formula is C16H25ClN2O4S. The highest BCUT2D eigenvalue weighted by Gasteiger charge is 2.37. The van der Waals surface area contributed by atoms with Gasteiger partial charge in [0.05, 0.1) is 13.7 Å². The van der Waals surface area contributed by atoms with Crippen LogP contribution in [0.1, 0.15) is 13.8 Å². The van der Waals surface area contributed by atoms with Gasteiger partial charge in [0.1, 0.15) is 10.6 Å². The fourth-order valence-corrected chi connectivity index (χ4v) is 5.15. The molecule has 0 N–H and O–H groups in total. The summed E-state index contributed by atoms with van der Waals surface area (Å²) in [6.45, 7) is 6.32. The van der Waals surface area contributed by atoms with Crippen molar-refractivity contribution in [3.63, 3.8) is 0 Å². The average Bonchev–Trinajstić information content (AvgIpc) is 2.54. The normalized spacial score (nSPS) is 23.4. The number of halogens is 1. The molecule has 1 fully saturated rings. The Labute approximate surface area is 149 Å². The van der Waals surface area contributed by atoms with Gasteiger partial charge in [0.2, 0.25) is 10.0 Å². The Bertz CT molecular complexity index is 656. The van der Waals surface area contributed by atoms with E-state index in [1.54, 1.807) is 19.2 Å². The number of benzene rings is 1. The van der Waals surface area contributed by atoms with E-state index in [-0.39, 0.29) is 17.0 Å². The second kappa shape index (κ2) is 8.01. The van der Waals surface area contributed by atoms with Gasteiger partial charge in [-0.3, -0.25) is 4.90 Å². The SMILES string of the molecule is COCCN1C(C)CN(S(=O)(=O)c2cc(Cl)ccc2OC)CC1C. The minimum absolute atomic E-state index is 0.101. The maximum atomic E-state index is 13.1. The number of nitrogens with zero attached hydrogens (tertiary/aromatic N) is 2. The first-order valence-corrected chi connectivity index (χ1v) is 9.71. The second-order valence-corrected chi connectivity index (χ2v) is 8.39. The third kappa shape index (κ3) is 4.03. The summed E-state index contributed by atoms with van der Waals surface area (Å²) in [5.74, 6) is 0.307. The van der Waals surface area contributed by atoms with Crippen LogP contribution in [0.3, 0.4) is 0 Å². The Morgan fingerprint density at radius 1 is 1.21 bits per heavy atom. The molecule has 0 spiro atoms. The highest BCUT2D eigenvalue weighted by molar-refractivity contribution is 7.89. The molecule has 1 saturated heterocycles. The van der Waals surface area contributed by atoms with Gasteiger partial charge in [-0.1, -0.05) is 11.6 Å². The summed E-state index contributed by atoms with van der Waals surface area (Å²) in [5, 5.41) is 0.370. The Morgan fingerprint density at radius 2 is 1.83 bits per heavy atom. The van der Waals surface area contributed by atoms with Crippen LogP contribution in [0.25, 0.3) is 0 Å². The molecule has 2 unspecified atom stereocenters. The van der Waals surface area contributed by atoms with Crippen LogP contribution in [-0.2, 0) is 14.8 Å². The van der Waals surface area contributed by atoms with Crippen molar-refractivity contribution in [2.45, 2.75) is 30.8 Å². The Balaban J connectivity index is 2.27. The number of sulfonamides is 1. The van der Waals surface area contributed by atoms with Crippen molar-refractivity contribution in [2.75, 3.05) is 40.5 Å². The minimum Gasteiger partial charge on any atom is -0.495 e. The van der Waals surface area contributed by atoms with Crippen LogP contribution in [0.2, 0.25) is 5.02 Å². The van der Waals surface area contributed by atoms with Crippen LogP contribution in [0.15, 0.2) is 23.1 Å². The number of methoxy groups -OCH3 is 2. The molecule has 0 saturated carbocycles. The summed E-state index contributed by atoms with van der Waals surface area (Å²) in [5.41, 5.74) is 0. The summed E-state index contributed by atoms with van der Waals surface area (Å²) >= 11 is 6.00. The van der Waals surface area contributed by atoms with Crippen molar-refractivity contribution in [1.29, 1.82) is 0 Å². The van der Waals surface area contributed by atoms with Gasteiger partial charge in [-0.2, -0.15) is 4.31 Å². The van der Waals surface area contributed by atoms with Gasteiger partial charge in [-0.05, 0) is 32.0 Å². The van der Waals surface area contributed by atoms with Crippen molar-refractivity contribution in [2.24, 2.45) is 0 Å². The van der Waals surface area contributed by atoms with E-state index < -0.39 is 10.0 Å². The molecule has 0 bridgehead atoms. The second-order valence-electron chi connectivity index (χ2n) is 6.05. The third-order valence-corrected chi connectivity index (χ3v) is 6.45. The van der Waals surface area contributed by atoms with Crippen LogP contribution in [0.5, 0.6) is 5.75 Å². The molecule has 1 aliphatic rings. The topological polar surface area (TPSA) is 59.1 Å². The number of hydrogen-bond acceptors (Lipinski definition) is 5. The first-order valence-electron chi connectivity index (χ1n) is 7.89. The summed E-state index contributed by atoms with van der Waals surface area (Å²) in [6, 6.07) is 4.85. The molecule has 0 amide bonds. The molecule has 8 heteroatoms. The van der Waals surface area contributed by atoms with E-state index in [1.807, 2.05) is 13.8 Å². The molecule has 1 aromatic carbocycles. The molecule has 136 valence electrons. The lowest BCUT2D eigenvalue weighted by atomic mass is 10.1. The number of rotatable bonds is 6. The minimum atomic E-state index is -3.67. The number of piperazine rings is 1. The van der Waals surface area contributed by atoms with Gasteiger partial charge in [-0.25, -0.2) is 8.42 Å². The maximum Gasteiger partial charge on any atom is 0.246 e. The number of ether oxygens (including phenoxy) is 2. The lowest BCUT2D eigenvalue weighted by molar-refractivity contribution is 0.0495. The van der Waals surface area contributed by atoms with E-state index >= 15 is 0 Å². The molecule has 1 aromatic rings. The average molecular weight is 377 g/mol. The zero-order valence-corrected chi connectivity index (χ0v) is 16.1. The monoisotopic (exact) mass is 376 g/mol. The van der Waals surface area contributed by atoms with Crippen molar-refractivity contribution in [1.82, 2.24) is 9.21 Å². The van der Waals surface area contributed by atoms with E-state index in [4.69, 9.17) is 21.1 Å². The molecule has 1 aliphatic heterocycles. The molecule has 0 radical (unpaired) electrons. The van der Waals surface area contributed by atoms with Gasteiger partial charge in [0.15, 0.2) is 0 Å². The Hall–Kier alpha value is -0.860. The predicted octanol–water partition coefficient (Wildman–Crippen LogP) is 2.08. The summed E-state index contributed by atoms with van der Waals surface area (Å²) in [6.07, 6.45) is 0. The van der Waals surface area contributed by atoms with Crippen molar-refractivity contribution in [3.05, 3.63) is 23.2 Å². The molecule has 24 heavy (non-hydrogen) atoms. The van der Waals surface area contributed by atoms with Crippen molar-refractivity contribution < 1.29 is 17.9 Å². The van der Waals surface area contributed by atoms with E-state index in [2.05, 4.69) is 4.90 Å². The highest BCUT2D eigenvalue weighted by atomic mass is 35.5. The highest BCUT2D eigenvalue weighted by Crippen LogP contribution is 2.31. The lowest BCUT2D eigenvalue weighted by Crippen LogP contribution is -2.58. The maximum absolute atomic E-state index is 13.1. The molecule has 2 rings (SSSR count). The zero-order chi connectivity index (χ0) is 17.9. The summed E-state index contributed by atoms with van der Waals surface area (Å²) < 4.78 is 38.0. The van der Waals surface area contributed by atoms with Gasteiger partial charge < -0.3 is 9.47 Å². The predicted molar refractivity (Wildman–Crippen MR) is 94.3 cm³/mol. The van der Waals surface area contributed by atoms with E-state index in [0.29, 0.717) is 30.5 Å².